The molecule has 0 aromatic carbocycles. The fourth-order valence-electron chi connectivity index (χ4n) is 1.84. The minimum absolute atomic E-state index is 0.0346. The minimum Gasteiger partial charge on any atom is -0.476 e. The van der Waals surface area contributed by atoms with Crippen molar-refractivity contribution in [3.8, 4) is 0 Å². The molecule has 21 heavy (non-hydrogen) atoms. The Labute approximate surface area is 121 Å². The lowest BCUT2D eigenvalue weighted by Gasteiger charge is -2.16. The van der Waals surface area contributed by atoms with Crippen LogP contribution < -0.4 is 0 Å². The van der Waals surface area contributed by atoms with Crippen molar-refractivity contribution in [3.63, 3.8) is 0 Å². The molecule has 2 aromatic rings. The first-order valence-corrected chi connectivity index (χ1v) is 7.42. The molecule has 8 nitrogen and oxygen atoms in total. The van der Waals surface area contributed by atoms with Gasteiger partial charge in [0, 0.05) is 13.2 Å². The summed E-state index contributed by atoms with van der Waals surface area (Å²) in [6.45, 7) is 1.49. The quantitative estimate of drug-likeness (QED) is 0.836. The average molecular weight is 310 g/mol. The van der Waals surface area contributed by atoms with Crippen LogP contribution in [0.4, 0.5) is 0 Å². The number of hydrogen-bond acceptors (Lipinski definition) is 5. The lowest BCUT2D eigenvalue weighted by Crippen LogP contribution is -2.28. The van der Waals surface area contributed by atoms with E-state index in [4.69, 9.17) is 5.11 Å². The molecule has 2 heterocycles. The standard InChI is InChI=1S/C12H14N4O4S/c1-8-11(10(12(17)18)15-14-8)21(19,20)16(2)7-9-5-3-4-6-13-9/h3-6H,7H2,1-2H3,(H,14,15)(H,17,18). The molecule has 0 amide bonds. The van der Waals surface area contributed by atoms with E-state index in [-0.39, 0.29) is 17.1 Å². The number of pyridine rings is 1. The van der Waals surface area contributed by atoms with E-state index < -0.39 is 21.7 Å². The number of nitrogens with zero attached hydrogens (tertiary/aromatic N) is 3. The highest BCUT2D eigenvalue weighted by Gasteiger charge is 2.31. The molecule has 2 N–H and O–H groups in total. The molecule has 0 unspecified atom stereocenters. The molecule has 0 saturated carbocycles. The number of aromatic amines is 1. The first kappa shape index (κ1) is 15.1. The SMILES string of the molecule is Cc1[nH]nc(C(=O)O)c1S(=O)(=O)N(C)Cc1ccccn1. The lowest BCUT2D eigenvalue weighted by atomic mass is 10.3. The molecule has 2 rings (SSSR count). The Morgan fingerprint density at radius 3 is 2.71 bits per heavy atom. The van der Waals surface area contributed by atoms with Crippen LogP contribution in [0.5, 0.6) is 0 Å². The summed E-state index contributed by atoms with van der Waals surface area (Å²) in [5.74, 6) is -1.40. The zero-order chi connectivity index (χ0) is 15.6. The molecule has 0 spiro atoms. The maximum Gasteiger partial charge on any atom is 0.357 e. The van der Waals surface area contributed by atoms with Crippen molar-refractivity contribution in [3.05, 3.63) is 41.5 Å². The third-order valence-electron chi connectivity index (χ3n) is 2.87. The van der Waals surface area contributed by atoms with Crippen molar-refractivity contribution in [2.75, 3.05) is 7.05 Å². The van der Waals surface area contributed by atoms with Crippen molar-refractivity contribution in [1.29, 1.82) is 0 Å². The Balaban J connectivity index is 2.38. The number of hydrogen-bond donors (Lipinski definition) is 2. The van der Waals surface area contributed by atoms with Crippen molar-refractivity contribution < 1.29 is 18.3 Å². The Kier molecular flexibility index (Phi) is 4.05. The van der Waals surface area contributed by atoms with Crippen molar-refractivity contribution in [1.82, 2.24) is 19.5 Å². The summed E-state index contributed by atoms with van der Waals surface area (Å²) in [6.07, 6.45) is 1.56. The third-order valence-corrected chi connectivity index (χ3v) is 4.84. The zero-order valence-electron chi connectivity index (χ0n) is 11.4. The maximum atomic E-state index is 12.5. The molecule has 0 bridgehead atoms. The molecule has 0 atom stereocenters. The smallest absolute Gasteiger partial charge is 0.357 e. The second-order valence-electron chi connectivity index (χ2n) is 4.41. The number of aromatic nitrogens is 3. The number of carboxylic acids is 1. The topological polar surface area (TPSA) is 116 Å². The molecular formula is C12H14N4O4S. The number of sulfonamides is 1. The van der Waals surface area contributed by atoms with Gasteiger partial charge in [-0.2, -0.15) is 9.40 Å². The predicted octanol–water partition coefficient (Wildman–Crippen LogP) is 0.632. The van der Waals surface area contributed by atoms with E-state index in [0.717, 1.165) is 4.31 Å². The largest absolute Gasteiger partial charge is 0.476 e. The third kappa shape index (κ3) is 2.93. The molecule has 0 saturated heterocycles. The number of nitrogens with one attached hydrogen (secondary N) is 1. The Morgan fingerprint density at radius 2 is 2.14 bits per heavy atom. The highest BCUT2D eigenvalue weighted by Crippen LogP contribution is 2.22. The molecule has 0 radical (unpaired) electrons. The first-order chi connectivity index (χ1) is 9.84. The van der Waals surface area contributed by atoms with Crippen LogP contribution in [0.3, 0.4) is 0 Å². The van der Waals surface area contributed by atoms with Gasteiger partial charge in [-0.3, -0.25) is 10.1 Å². The molecule has 9 heteroatoms. The molecule has 112 valence electrons. The van der Waals surface area contributed by atoms with E-state index in [1.807, 2.05) is 0 Å². The van der Waals surface area contributed by atoms with Gasteiger partial charge in [-0.15, -0.1) is 0 Å². The fourth-order valence-corrected chi connectivity index (χ4v) is 3.26. The van der Waals surface area contributed by atoms with Gasteiger partial charge in [-0.1, -0.05) is 6.07 Å². The monoisotopic (exact) mass is 310 g/mol. The molecule has 0 fully saturated rings. The van der Waals surface area contributed by atoms with Gasteiger partial charge in [-0.25, -0.2) is 13.2 Å². The van der Waals surface area contributed by atoms with Crippen LogP contribution in [0.25, 0.3) is 0 Å². The maximum absolute atomic E-state index is 12.5. The molecule has 0 aliphatic heterocycles. The molecule has 0 aliphatic carbocycles. The highest BCUT2D eigenvalue weighted by molar-refractivity contribution is 7.89. The lowest BCUT2D eigenvalue weighted by molar-refractivity contribution is 0.0686. The van der Waals surface area contributed by atoms with E-state index >= 15 is 0 Å². The van der Waals surface area contributed by atoms with E-state index in [1.54, 1.807) is 24.4 Å². The number of H-pyrrole nitrogens is 1. The van der Waals surface area contributed by atoms with Crippen LogP contribution in [0.2, 0.25) is 0 Å². The summed E-state index contributed by atoms with van der Waals surface area (Å²) >= 11 is 0. The van der Waals surface area contributed by atoms with E-state index in [2.05, 4.69) is 15.2 Å². The number of rotatable bonds is 5. The van der Waals surface area contributed by atoms with Gasteiger partial charge < -0.3 is 5.11 Å². The fraction of sp³-hybridized carbons (Fsp3) is 0.250. The molecule has 2 aromatic heterocycles. The van der Waals surface area contributed by atoms with Gasteiger partial charge in [0.25, 0.3) is 0 Å². The molecular weight excluding hydrogens is 296 g/mol. The van der Waals surface area contributed by atoms with Crippen molar-refractivity contribution >= 4 is 16.0 Å². The van der Waals surface area contributed by atoms with Crippen LogP contribution >= 0.6 is 0 Å². The summed E-state index contributed by atoms with van der Waals surface area (Å²) in [5, 5.41) is 15.0. The number of aromatic carboxylic acids is 1. The normalized spacial score (nSPS) is 11.8. The summed E-state index contributed by atoms with van der Waals surface area (Å²) in [5.41, 5.74) is 0.224. The molecule has 0 aliphatic rings. The van der Waals surface area contributed by atoms with Gasteiger partial charge in [0.1, 0.15) is 4.90 Å². The number of carboxylic acid groups (broad SMARTS) is 1. The Morgan fingerprint density at radius 1 is 1.43 bits per heavy atom. The van der Waals surface area contributed by atoms with Gasteiger partial charge in [-0.05, 0) is 19.1 Å². The highest BCUT2D eigenvalue weighted by atomic mass is 32.2. The van der Waals surface area contributed by atoms with Crippen LogP contribution in [0, 0.1) is 6.92 Å². The number of carbonyl (C=O) groups is 1. The summed E-state index contributed by atoms with van der Waals surface area (Å²) in [6, 6.07) is 5.15. The summed E-state index contributed by atoms with van der Waals surface area (Å²) < 4.78 is 26.1. The predicted molar refractivity (Wildman–Crippen MR) is 73.2 cm³/mol. The van der Waals surface area contributed by atoms with Crippen LogP contribution in [-0.4, -0.2) is 46.0 Å². The second kappa shape index (κ2) is 5.62. The average Bonchev–Trinajstić information content (AvgIpc) is 2.82. The second-order valence-corrected chi connectivity index (χ2v) is 6.40. The van der Waals surface area contributed by atoms with Crippen molar-refractivity contribution in [2.45, 2.75) is 18.4 Å². The summed E-state index contributed by atoms with van der Waals surface area (Å²) in [4.78, 5) is 14.8. The van der Waals surface area contributed by atoms with Gasteiger partial charge in [0.2, 0.25) is 10.0 Å². The van der Waals surface area contributed by atoms with Crippen LogP contribution in [0.15, 0.2) is 29.3 Å². The van der Waals surface area contributed by atoms with Gasteiger partial charge in [0.05, 0.1) is 17.9 Å². The van der Waals surface area contributed by atoms with Crippen molar-refractivity contribution in [2.24, 2.45) is 0 Å². The summed E-state index contributed by atoms with van der Waals surface area (Å²) in [7, 11) is -2.62. The van der Waals surface area contributed by atoms with E-state index in [0.29, 0.717) is 5.69 Å². The van der Waals surface area contributed by atoms with E-state index in [9.17, 15) is 13.2 Å². The van der Waals surface area contributed by atoms with Crippen LogP contribution in [-0.2, 0) is 16.6 Å². The van der Waals surface area contributed by atoms with E-state index in [1.165, 1.54) is 14.0 Å². The first-order valence-electron chi connectivity index (χ1n) is 5.98. The zero-order valence-corrected chi connectivity index (χ0v) is 12.3. The van der Waals surface area contributed by atoms with Gasteiger partial charge in [0.15, 0.2) is 5.69 Å². The number of aryl methyl sites for hydroxylation is 1. The van der Waals surface area contributed by atoms with Crippen LogP contribution in [0.1, 0.15) is 21.9 Å². The Hall–Kier alpha value is -2.26. The van der Waals surface area contributed by atoms with Gasteiger partial charge >= 0.3 is 5.97 Å². The minimum atomic E-state index is -3.98. The Bertz CT molecular complexity index is 755.